The van der Waals surface area contributed by atoms with Crippen LogP contribution in [0.3, 0.4) is 0 Å². The lowest BCUT2D eigenvalue weighted by Crippen LogP contribution is -2.39. The van der Waals surface area contributed by atoms with Gasteiger partial charge in [0.1, 0.15) is 11.4 Å². The van der Waals surface area contributed by atoms with Crippen LogP contribution in [0.5, 0.6) is 5.75 Å². The molecule has 2 aromatic rings. The number of nitrogens with one attached hydrogen (secondary N) is 2. The lowest BCUT2D eigenvalue weighted by atomic mass is 10.1. The van der Waals surface area contributed by atoms with Gasteiger partial charge in [0.25, 0.3) is 0 Å². The molecule has 140 valence electrons. The van der Waals surface area contributed by atoms with Crippen molar-refractivity contribution in [1.29, 1.82) is 0 Å². The minimum Gasteiger partial charge on any atom is -0.493 e. The van der Waals surface area contributed by atoms with Gasteiger partial charge in [-0.05, 0) is 48.9 Å². The van der Waals surface area contributed by atoms with Crippen LogP contribution in [-0.2, 0) is 18.4 Å². The molecule has 5 nitrogen and oxygen atoms in total. The maximum atomic E-state index is 10.6. The summed E-state index contributed by atoms with van der Waals surface area (Å²) in [5, 5.41) is 19.2. The molecule has 1 aromatic carbocycles. The first-order chi connectivity index (χ1) is 12.6. The van der Waals surface area contributed by atoms with E-state index in [-0.39, 0.29) is 0 Å². The number of guanidine groups is 1. The Morgan fingerprint density at radius 2 is 2.23 bits per heavy atom. The zero-order chi connectivity index (χ0) is 18.4. The van der Waals surface area contributed by atoms with E-state index in [1.165, 1.54) is 11.1 Å². The third-order valence-corrected chi connectivity index (χ3v) is 5.52. The van der Waals surface area contributed by atoms with Crippen LogP contribution in [-0.4, -0.2) is 37.3 Å². The quantitative estimate of drug-likeness (QED) is 0.516. The van der Waals surface area contributed by atoms with Crippen LogP contribution in [0.25, 0.3) is 0 Å². The first-order valence-corrected chi connectivity index (χ1v) is 9.99. The second kappa shape index (κ2) is 8.56. The third-order valence-electron chi connectivity index (χ3n) is 4.40. The van der Waals surface area contributed by atoms with Gasteiger partial charge in [-0.1, -0.05) is 18.2 Å². The van der Waals surface area contributed by atoms with Crippen molar-refractivity contribution < 1.29 is 9.84 Å². The molecule has 0 saturated carbocycles. The highest BCUT2D eigenvalue weighted by molar-refractivity contribution is 7.10. The number of hydrogen-bond donors (Lipinski definition) is 3. The van der Waals surface area contributed by atoms with Gasteiger partial charge in [0, 0.05) is 24.4 Å². The van der Waals surface area contributed by atoms with Crippen molar-refractivity contribution in [2.24, 2.45) is 4.99 Å². The SMILES string of the molecule is CCNC(=NCC(C)(O)c1cccs1)NCCc1ccc2c(c1)CCO2. The number of ether oxygens (including phenoxy) is 1. The van der Waals surface area contributed by atoms with E-state index in [2.05, 4.69) is 33.8 Å². The number of rotatable bonds is 7. The van der Waals surface area contributed by atoms with E-state index in [9.17, 15) is 5.11 Å². The fourth-order valence-corrected chi connectivity index (χ4v) is 3.74. The minimum absolute atomic E-state index is 0.318. The van der Waals surface area contributed by atoms with Gasteiger partial charge in [-0.3, -0.25) is 0 Å². The van der Waals surface area contributed by atoms with E-state index in [1.807, 2.05) is 24.4 Å². The highest BCUT2D eigenvalue weighted by atomic mass is 32.1. The van der Waals surface area contributed by atoms with Crippen molar-refractivity contribution in [3.63, 3.8) is 0 Å². The molecular weight excluding hydrogens is 346 g/mol. The molecule has 6 heteroatoms. The summed E-state index contributed by atoms with van der Waals surface area (Å²) < 4.78 is 5.55. The molecule has 3 N–H and O–H groups in total. The van der Waals surface area contributed by atoms with Crippen molar-refractivity contribution in [1.82, 2.24) is 10.6 Å². The number of hydrogen-bond acceptors (Lipinski definition) is 4. The van der Waals surface area contributed by atoms with E-state index in [4.69, 9.17) is 4.74 Å². The number of thiophene rings is 1. The van der Waals surface area contributed by atoms with E-state index in [1.54, 1.807) is 18.3 Å². The molecule has 1 atom stereocenters. The molecule has 0 bridgehead atoms. The molecule has 1 unspecified atom stereocenters. The summed E-state index contributed by atoms with van der Waals surface area (Å²) in [6.45, 7) is 6.51. The lowest BCUT2D eigenvalue weighted by Gasteiger charge is -2.20. The topological polar surface area (TPSA) is 65.9 Å². The van der Waals surface area contributed by atoms with Crippen LogP contribution in [0.2, 0.25) is 0 Å². The fourth-order valence-electron chi connectivity index (χ4n) is 2.96. The predicted octanol–water partition coefficient (Wildman–Crippen LogP) is 2.69. The zero-order valence-corrected chi connectivity index (χ0v) is 16.2. The molecule has 1 aliphatic rings. The van der Waals surface area contributed by atoms with E-state index in [0.717, 1.165) is 49.1 Å². The Morgan fingerprint density at radius 1 is 1.35 bits per heavy atom. The van der Waals surface area contributed by atoms with Crippen LogP contribution < -0.4 is 15.4 Å². The molecule has 1 aliphatic heterocycles. The van der Waals surface area contributed by atoms with E-state index in [0.29, 0.717) is 6.54 Å². The molecule has 0 aliphatic carbocycles. The molecule has 3 rings (SSSR count). The van der Waals surface area contributed by atoms with Gasteiger partial charge >= 0.3 is 0 Å². The Bertz CT molecular complexity index is 742. The molecule has 0 radical (unpaired) electrons. The number of fused-ring (bicyclic) bond motifs is 1. The van der Waals surface area contributed by atoms with Crippen LogP contribution in [0.15, 0.2) is 40.7 Å². The number of benzene rings is 1. The van der Waals surface area contributed by atoms with E-state index >= 15 is 0 Å². The van der Waals surface area contributed by atoms with Gasteiger partial charge in [-0.2, -0.15) is 0 Å². The van der Waals surface area contributed by atoms with Crippen LogP contribution in [0.1, 0.15) is 29.9 Å². The van der Waals surface area contributed by atoms with Crippen LogP contribution in [0, 0.1) is 0 Å². The Labute approximate surface area is 159 Å². The van der Waals surface area contributed by atoms with Gasteiger partial charge in [0.2, 0.25) is 0 Å². The van der Waals surface area contributed by atoms with Crippen LogP contribution in [0.4, 0.5) is 0 Å². The van der Waals surface area contributed by atoms with Gasteiger partial charge in [-0.15, -0.1) is 11.3 Å². The normalized spacial score (nSPS) is 15.9. The Balaban J connectivity index is 1.54. The maximum Gasteiger partial charge on any atom is 0.191 e. The van der Waals surface area contributed by atoms with Crippen molar-refractivity contribution in [3.05, 3.63) is 51.7 Å². The Hall–Kier alpha value is -2.05. The summed E-state index contributed by atoms with van der Waals surface area (Å²) in [5.41, 5.74) is 1.65. The summed E-state index contributed by atoms with van der Waals surface area (Å²) in [4.78, 5) is 5.49. The average Bonchev–Trinajstić information content (AvgIpc) is 3.31. The number of nitrogens with zero attached hydrogens (tertiary/aromatic N) is 1. The summed E-state index contributed by atoms with van der Waals surface area (Å²) in [5.74, 6) is 1.75. The molecule has 26 heavy (non-hydrogen) atoms. The molecule has 0 fully saturated rings. The molecular formula is C20H27N3O2S. The van der Waals surface area contributed by atoms with Gasteiger partial charge in [0.15, 0.2) is 5.96 Å². The largest absolute Gasteiger partial charge is 0.493 e. The van der Waals surface area contributed by atoms with Gasteiger partial charge in [0.05, 0.1) is 13.2 Å². The first kappa shape index (κ1) is 18.7. The van der Waals surface area contributed by atoms with Gasteiger partial charge < -0.3 is 20.5 Å². The Morgan fingerprint density at radius 3 is 3.00 bits per heavy atom. The Kier molecular flexibility index (Phi) is 6.16. The zero-order valence-electron chi connectivity index (χ0n) is 15.4. The van der Waals surface area contributed by atoms with Crippen molar-refractivity contribution in [2.75, 3.05) is 26.2 Å². The summed E-state index contributed by atoms with van der Waals surface area (Å²) in [6, 6.07) is 10.3. The summed E-state index contributed by atoms with van der Waals surface area (Å²) >= 11 is 1.55. The van der Waals surface area contributed by atoms with Crippen LogP contribution >= 0.6 is 11.3 Å². The smallest absolute Gasteiger partial charge is 0.191 e. The second-order valence-corrected chi connectivity index (χ2v) is 7.61. The fraction of sp³-hybridized carbons (Fsp3) is 0.450. The number of aliphatic imine (C=N–C) groups is 1. The molecule has 0 amide bonds. The maximum absolute atomic E-state index is 10.6. The van der Waals surface area contributed by atoms with Crippen molar-refractivity contribution in [3.8, 4) is 5.75 Å². The first-order valence-electron chi connectivity index (χ1n) is 9.11. The number of aliphatic hydroxyl groups is 1. The summed E-state index contributed by atoms with van der Waals surface area (Å²) in [7, 11) is 0. The van der Waals surface area contributed by atoms with Gasteiger partial charge in [-0.25, -0.2) is 4.99 Å². The lowest BCUT2D eigenvalue weighted by molar-refractivity contribution is 0.0711. The average molecular weight is 374 g/mol. The van der Waals surface area contributed by atoms with E-state index < -0.39 is 5.60 Å². The molecule has 1 aromatic heterocycles. The molecule has 0 spiro atoms. The highest BCUT2D eigenvalue weighted by Gasteiger charge is 2.24. The van der Waals surface area contributed by atoms with Crippen molar-refractivity contribution in [2.45, 2.75) is 32.3 Å². The standard InChI is InChI=1S/C20H27N3O2S/c1-3-21-19(23-14-20(2,24)18-5-4-12-26-18)22-10-8-15-6-7-17-16(13-15)9-11-25-17/h4-7,12-13,24H,3,8-11,14H2,1-2H3,(H2,21,22,23). The third kappa shape index (κ3) is 4.77. The molecule has 2 heterocycles. The van der Waals surface area contributed by atoms with Crippen molar-refractivity contribution >= 4 is 17.3 Å². The highest BCUT2D eigenvalue weighted by Crippen LogP contribution is 2.26. The monoisotopic (exact) mass is 373 g/mol. The summed E-state index contributed by atoms with van der Waals surface area (Å²) in [6.07, 6.45) is 1.91. The minimum atomic E-state index is -0.948. The predicted molar refractivity (Wildman–Crippen MR) is 107 cm³/mol. The second-order valence-electron chi connectivity index (χ2n) is 6.66. The molecule has 0 saturated heterocycles.